The molecule has 1 unspecified atom stereocenters. The van der Waals surface area contributed by atoms with E-state index in [2.05, 4.69) is 18.0 Å². The first-order valence-corrected chi connectivity index (χ1v) is 7.11. The predicted molar refractivity (Wildman–Crippen MR) is 75.6 cm³/mol. The van der Waals surface area contributed by atoms with Gasteiger partial charge in [-0.2, -0.15) is 5.26 Å². The average molecular weight is 258 g/mol. The molecule has 0 spiro atoms. The molecule has 1 aromatic heterocycles. The lowest BCUT2D eigenvalue weighted by molar-refractivity contribution is -0.119. The van der Waals surface area contributed by atoms with E-state index in [1.807, 2.05) is 0 Å². The lowest BCUT2D eigenvalue weighted by Crippen LogP contribution is -2.10. The summed E-state index contributed by atoms with van der Waals surface area (Å²) in [5, 5.41) is 9.12. The molecule has 0 saturated carbocycles. The van der Waals surface area contributed by atoms with Crippen LogP contribution < -0.4 is 0 Å². The van der Waals surface area contributed by atoms with Crippen LogP contribution in [-0.4, -0.2) is 10.8 Å². The molecule has 0 N–H and O–H groups in total. The zero-order valence-corrected chi connectivity index (χ0v) is 11.6. The second kappa shape index (κ2) is 9.27. The molecule has 1 aromatic rings. The van der Waals surface area contributed by atoms with Gasteiger partial charge in [0.1, 0.15) is 5.92 Å². The van der Waals surface area contributed by atoms with Crippen LogP contribution in [0.4, 0.5) is 0 Å². The number of carbonyl (C=O) groups is 1. The predicted octanol–water partition coefficient (Wildman–Crippen LogP) is 4.01. The zero-order chi connectivity index (χ0) is 13.9. The van der Waals surface area contributed by atoms with Crippen LogP contribution >= 0.6 is 0 Å². The van der Waals surface area contributed by atoms with E-state index in [0.29, 0.717) is 12.0 Å². The summed E-state index contributed by atoms with van der Waals surface area (Å²) in [6, 6.07) is 5.64. The summed E-state index contributed by atoms with van der Waals surface area (Å²) in [4.78, 5) is 16.0. The number of rotatable bonds is 9. The van der Waals surface area contributed by atoms with Crippen molar-refractivity contribution in [2.75, 3.05) is 0 Å². The molecule has 0 amide bonds. The normalized spacial score (nSPS) is 11.8. The molecule has 19 heavy (non-hydrogen) atoms. The van der Waals surface area contributed by atoms with Gasteiger partial charge < -0.3 is 0 Å². The van der Waals surface area contributed by atoms with Gasteiger partial charge in [0.15, 0.2) is 5.78 Å². The molecule has 102 valence electrons. The number of hydrogen-bond acceptors (Lipinski definition) is 3. The van der Waals surface area contributed by atoms with E-state index in [4.69, 9.17) is 5.26 Å². The Bertz CT molecular complexity index is 409. The highest BCUT2D eigenvalue weighted by atomic mass is 16.1. The van der Waals surface area contributed by atoms with Crippen LogP contribution in [-0.2, 0) is 4.79 Å². The number of aromatic nitrogens is 1. The molecule has 3 heteroatoms. The van der Waals surface area contributed by atoms with Crippen LogP contribution in [0, 0.1) is 11.3 Å². The van der Waals surface area contributed by atoms with Crippen LogP contribution in [0.5, 0.6) is 0 Å². The van der Waals surface area contributed by atoms with Gasteiger partial charge in [-0.05, 0) is 18.1 Å². The molecule has 0 aliphatic heterocycles. The van der Waals surface area contributed by atoms with E-state index in [-0.39, 0.29) is 5.78 Å². The Labute approximate surface area is 115 Å². The van der Waals surface area contributed by atoms with Crippen molar-refractivity contribution >= 4 is 5.78 Å². The number of unbranched alkanes of at least 4 members (excludes halogenated alkanes) is 5. The Hall–Kier alpha value is -1.69. The third-order valence-corrected chi connectivity index (χ3v) is 3.25. The van der Waals surface area contributed by atoms with E-state index in [1.54, 1.807) is 24.5 Å². The fraction of sp³-hybridized carbons (Fsp3) is 0.562. The van der Waals surface area contributed by atoms with Gasteiger partial charge in [0.25, 0.3) is 0 Å². The summed E-state index contributed by atoms with van der Waals surface area (Å²) in [6.45, 7) is 2.19. The Morgan fingerprint density at radius 2 is 2.05 bits per heavy atom. The number of nitriles is 1. The van der Waals surface area contributed by atoms with Gasteiger partial charge in [0.05, 0.1) is 6.07 Å². The van der Waals surface area contributed by atoms with Crippen molar-refractivity contribution in [1.82, 2.24) is 4.98 Å². The number of hydrogen-bond donors (Lipinski definition) is 0. The van der Waals surface area contributed by atoms with Gasteiger partial charge in [-0.25, -0.2) is 0 Å². The van der Waals surface area contributed by atoms with Crippen molar-refractivity contribution < 1.29 is 4.79 Å². The molecule has 0 fully saturated rings. The summed E-state index contributed by atoms with van der Waals surface area (Å²) in [5.74, 6) is -0.629. The number of nitrogens with zero attached hydrogens (tertiary/aromatic N) is 2. The molecular weight excluding hydrogens is 236 g/mol. The molecule has 0 aliphatic carbocycles. The first-order chi connectivity index (χ1) is 9.29. The third kappa shape index (κ3) is 5.65. The molecule has 0 bridgehead atoms. The van der Waals surface area contributed by atoms with E-state index in [1.165, 1.54) is 25.7 Å². The average Bonchev–Trinajstić information content (AvgIpc) is 2.45. The van der Waals surface area contributed by atoms with Crippen LogP contribution in [0.3, 0.4) is 0 Å². The highest BCUT2D eigenvalue weighted by molar-refractivity contribution is 5.88. The van der Waals surface area contributed by atoms with E-state index >= 15 is 0 Å². The van der Waals surface area contributed by atoms with Crippen molar-refractivity contribution in [3.63, 3.8) is 0 Å². The van der Waals surface area contributed by atoms with Crippen molar-refractivity contribution in [2.45, 2.75) is 57.8 Å². The number of ketones is 1. The molecular formula is C16H22N2O. The van der Waals surface area contributed by atoms with Crippen LogP contribution in [0.2, 0.25) is 0 Å². The maximum atomic E-state index is 12.0. The number of carbonyl (C=O) groups excluding carboxylic acids is 1. The van der Waals surface area contributed by atoms with Crippen molar-refractivity contribution in [3.05, 3.63) is 30.1 Å². The van der Waals surface area contributed by atoms with Gasteiger partial charge in [0, 0.05) is 18.8 Å². The molecule has 1 heterocycles. The summed E-state index contributed by atoms with van der Waals surface area (Å²) < 4.78 is 0. The monoisotopic (exact) mass is 258 g/mol. The van der Waals surface area contributed by atoms with Crippen molar-refractivity contribution in [2.24, 2.45) is 0 Å². The number of pyridine rings is 1. The van der Waals surface area contributed by atoms with E-state index < -0.39 is 5.92 Å². The number of Topliss-reactive ketones (excluding diaryl/α,β-unsaturated/α-hetero) is 1. The maximum Gasteiger partial charge on any atom is 0.154 e. The second-order valence-corrected chi connectivity index (χ2v) is 4.83. The maximum absolute atomic E-state index is 12.0. The Morgan fingerprint density at radius 1 is 1.32 bits per heavy atom. The van der Waals surface area contributed by atoms with E-state index in [0.717, 1.165) is 12.8 Å². The van der Waals surface area contributed by atoms with Gasteiger partial charge in [-0.3, -0.25) is 9.78 Å². The summed E-state index contributed by atoms with van der Waals surface area (Å²) in [7, 11) is 0. The topological polar surface area (TPSA) is 53.8 Å². The second-order valence-electron chi connectivity index (χ2n) is 4.83. The zero-order valence-electron chi connectivity index (χ0n) is 11.6. The first-order valence-electron chi connectivity index (χ1n) is 7.11. The Kier molecular flexibility index (Phi) is 7.50. The fourth-order valence-corrected chi connectivity index (χ4v) is 2.10. The highest BCUT2D eigenvalue weighted by Crippen LogP contribution is 2.18. The van der Waals surface area contributed by atoms with Crippen LogP contribution in [0.25, 0.3) is 0 Å². The molecule has 0 aliphatic rings. The minimum atomic E-state index is -0.649. The molecule has 1 atom stereocenters. The Balaban J connectivity index is 2.34. The standard InChI is InChI=1S/C16H22N2O/c1-2-3-4-5-6-7-10-16(19)15(12-17)14-9-8-11-18-13-14/h8-9,11,13,15H,2-7,10H2,1H3. The quantitative estimate of drug-likeness (QED) is 0.629. The summed E-state index contributed by atoms with van der Waals surface area (Å²) >= 11 is 0. The highest BCUT2D eigenvalue weighted by Gasteiger charge is 2.19. The van der Waals surface area contributed by atoms with Crippen LogP contribution in [0.15, 0.2) is 24.5 Å². The minimum absolute atomic E-state index is 0.0194. The minimum Gasteiger partial charge on any atom is -0.298 e. The largest absolute Gasteiger partial charge is 0.298 e. The van der Waals surface area contributed by atoms with Gasteiger partial charge in [-0.15, -0.1) is 0 Å². The molecule has 0 aromatic carbocycles. The van der Waals surface area contributed by atoms with Gasteiger partial charge in [0.2, 0.25) is 0 Å². The first kappa shape index (κ1) is 15.4. The Morgan fingerprint density at radius 3 is 2.68 bits per heavy atom. The molecule has 0 radical (unpaired) electrons. The summed E-state index contributed by atoms with van der Waals surface area (Å²) in [6.07, 6.45) is 10.7. The van der Waals surface area contributed by atoms with Gasteiger partial charge >= 0.3 is 0 Å². The van der Waals surface area contributed by atoms with E-state index in [9.17, 15) is 4.79 Å². The van der Waals surface area contributed by atoms with Gasteiger partial charge in [-0.1, -0.05) is 45.1 Å². The fourth-order valence-electron chi connectivity index (χ4n) is 2.10. The summed E-state index contributed by atoms with van der Waals surface area (Å²) in [5.41, 5.74) is 0.709. The molecule has 1 rings (SSSR count). The molecule has 3 nitrogen and oxygen atoms in total. The lowest BCUT2D eigenvalue weighted by atomic mass is 9.94. The van der Waals surface area contributed by atoms with Crippen LogP contribution in [0.1, 0.15) is 63.4 Å². The lowest BCUT2D eigenvalue weighted by Gasteiger charge is -2.07. The van der Waals surface area contributed by atoms with Crippen molar-refractivity contribution in [3.8, 4) is 6.07 Å². The smallest absolute Gasteiger partial charge is 0.154 e. The third-order valence-electron chi connectivity index (χ3n) is 3.25. The molecule has 0 saturated heterocycles. The van der Waals surface area contributed by atoms with Crippen molar-refractivity contribution in [1.29, 1.82) is 5.26 Å². The SMILES string of the molecule is CCCCCCCCC(=O)C(C#N)c1cccnc1.